The van der Waals surface area contributed by atoms with Crippen LogP contribution in [0, 0.1) is 12.8 Å². The van der Waals surface area contributed by atoms with Crippen LogP contribution in [0.3, 0.4) is 0 Å². The van der Waals surface area contributed by atoms with Crippen molar-refractivity contribution < 1.29 is 0 Å². The molecule has 0 aliphatic carbocycles. The van der Waals surface area contributed by atoms with Crippen molar-refractivity contribution in [2.75, 3.05) is 19.6 Å². The zero-order chi connectivity index (χ0) is 16.8. The molecule has 4 nitrogen and oxygen atoms in total. The molecule has 0 saturated carbocycles. The standard InChI is InChI=1S/C19H26N4S/c1-3-20-19(22-13-18-21-12-15(2)24-18)23-10-9-17(14-23)11-16-7-5-4-6-8-16/h4-8,12,17H,3,9-11,13-14H2,1-2H3,(H,20,22). The number of likely N-dealkylation sites (tertiary alicyclic amines) is 1. The maximum absolute atomic E-state index is 4.80. The average Bonchev–Trinajstić information content (AvgIpc) is 3.22. The first-order valence-electron chi connectivity index (χ1n) is 8.73. The molecule has 1 aliphatic heterocycles. The summed E-state index contributed by atoms with van der Waals surface area (Å²) in [5, 5.41) is 4.52. The number of aliphatic imine (C=N–C) groups is 1. The van der Waals surface area contributed by atoms with Crippen LogP contribution < -0.4 is 5.32 Å². The van der Waals surface area contributed by atoms with Crippen LogP contribution in [0.4, 0.5) is 0 Å². The van der Waals surface area contributed by atoms with Gasteiger partial charge in [0, 0.05) is 30.7 Å². The van der Waals surface area contributed by atoms with Gasteiger partial charge in [-0.3, -0.25) is 0 Å². The van der Waals surface area contributed by atoms with Gasteiger partial charge in [-0.25, -0.2) is 9.98 Å². The molecule has 1 saturated heterocycles. The molecule has 2 heterocycles. The van der Waals surface area contributed by atoms with Gasteiger partial charge in [0.25, 0.3) is 0 Å². The molecule has 2 aromatic rings. The highest BCUT2D eigenvalue weighted by atomic mass is 32.1. The van der Waals surface area contributed by atoms with E-state index >= 15 is 0 Å². The molecule has 1 aliphatic rings. The Bertz CT molecular complexity index is 665. The van der Waals surface area contributed by atoms with Crippen LogP contribution in [0.2, 0.25) is 0 Å². The Morgan fingerprint density at radius 1 is 1.38 bits per heavy atom. The van der Waals surface area contributed by atoms with Crippen molar-refractivity contribution in [1.29, 1.82) is 0 Å². The summed E-state index contributed by atoms with van der Waals surface area (Å²) in [6.45, 7) is 7.94. The highest BCUT2D eigenvalue weighted by Crippen LogP contribution is 2.21. The molecule has 0 radical (unpaired) electrons. The third kappa shape index (κ3) is 4.57. The fraction of sp³-hybridized carbons (Fsp3) is 0.474. The highest BCUT2D eigenvalue weighted by Gasteiger charge is 2.24. The number of hydrogen-bond donors (Lipinski definition) is 1. The number of nitrogens with zero attached hydrogens (tertiary/aromatic N) is 3. The molecule has 1 atom stereocenters. The monoisotopic (exact) mass is 342 g/mol. The molecule has 1 N–H and O–H groups in total. The van der Waals surface area contributed by atoms with Crippen LogP contribution in [0.25, 0.3) is 0 Å². The Morgan fingerprint density at radius 3 is 2.92 bits per heavy atom. The smallest absolute Gasteiger partial charge is 0.194 e. The molecule has 0 bridgehead atoms. The predicted octanol–water partition coefficient (Wildman–Crippen LogP) is 3.48. The number of rotatable bonds is 5. The normalized spacial score (nSPS) is 18.2. The lowest BCUT2D eigenvalue weighted by molar-refractivity contribution is 0.460. The zero-order valence-corrected chi connectivity index (χ0v) is 15.4. The summed E-state index contributed by atoms with van der Waals surface area (Å²) < 4.78 is 0. The first-order chi connectivity index (χ1) is 11.7. The van der Waals surface area contributed by atoms with Crippen LogP contribution in [-0.4, -0.2) is 35.5 Å². The lowest BCUT2D eigenvalue weighted by atomic mass is 9.99. The van der Waals surface area contributed by atoms with E-state index < -0.39 is 0 Å². The zero-order valence-electron chi connectivity index (χ0n) is 14.5. The van der Waals surface area contributed by atoms with Crippen molar-refractivity contribution in [2.45, 2.75) is 33.2 Å². The van der Waals surface area contributed by atoms with E-state index in [1.165, 1.54) is 16.9 Å². The quantitative estimate of drug-likeness (QED) is 0.668. The van der Waals surface area contributed by atoms with E-state index in [9.17, 15) is 0 Å². The second-order valence-corrected chi connectivity index (χ2v) is 7.64. The average molecular weight is 343 g/mol. The summed E-state index contributed by atoms with van der Waals surface area (Å²) in [6, 6.07) is 10.8. The van der Waals surface area contributed by atoms with Gasteiger partial charge in [-0.15, -0.1) is 11.3 Å². The van der Waals surface area contributed by atoms with E-state index in [2.05, 4.69) is 59.4 Å². The van der Waals surface area contributed by atoms with Gasteiger partial charge in [0.2, 0.25) is 0 Å². The van der Waals surface area contributed by atoms with Gasteiger partial charge >= 0.3 is 0 Å². The third-order valence-corrected chi connectivity index (χ3v) is 5.22. The molecule has 1 unspecified atom stereocenters. The van der Waals surface area contributed by atoms with Crippen molar-refractivity contribution in [3.8, 4) is 0 Å². The van der Waals surface area contributed by atoms with E-state index in [4.69, 9.17) is 4.99 Å². The van der Waals surface area contributed by atoms with Gasteiger partial charge in [0.05, 0.1) is 6.54 Å². The summed E-state index contributed by atoms with van der Waals surface area (Å²) >= 11 is 1.73. The van der Waals surface area contributed by atoms with E-state index in [1.54, 1.807) is 11.3 Å². The van der Waals surface area contributed by atoms with Gasteiger partial charge in [-0.2, -0.15) is 0 Å². The minimum Gasteiger partial charge on any atom is -0.357 e. The summed E-state index contributed by atoms with van der Waals surface area (Å²) in [6.07, 6.45) is 4.31. The second kappa shape index (κ2) is 8.29. The third-order valence-electron chi connectivity index (χ3n) is 4.32. The van der Waals surface area contributed by atoms with Gasteiger partial charge in [-0.05, 0) is 38.2 Å². The first kappa shape index (κ1) is 17.0. The largest absolute Gasteiger partial charge is 0.357 e. The Kier molecular flexibility index (Phi) is 5.86. The lowest BCUT2D eigenvalue weighted by Crippen LogP contribution is -2.40. The van der Waals surface area contributed by atoms with Crippen LogP contribution in [0.5, 0.6) is 0 Å². The van der Waals surface area contributed by atoms with E-state index in [-0.39, 0.29) is 0 Å². The summed E-state index contributed by atoms with van der Waals surface area (Å²) in [5.41, 5.74) is 1.43. The molecule has 24 heavy (non-hydrogen) atoms. The maximum Gasteiger partial charge on any atom is 0.194 e. The number of thiazole rings is 1. The van der Waals surface area contributed by atoms with Crippen molar-refractivity contribution in [1.82, 2.24) is 15.2 Å². The number of aryl methyl sites for hydroxylation is 1. The second-order valence-electron chi connectivity index (χ2n) is 6.33. The Morgan fingerprint density at radius 2 is 2.21 bits per heavy atom. The summed E-state index contributed by atoms with van der Waals surface area (Å²) in [5.74, 6) is 1.74. The molecule has 1 aromatic carbocycles. The molecule has 1 aromatic heterocycles. The number of nitrogens with one attached hydrogen (secondary N) is 1. The lowest BCUT2D eigenvalue weighted by Gasteiger charge is -2.21. The van der Waals surface area contributed by atoms with Crippen molar-refractivity contribution in [3.05, 3.63) is 52.0 Å². The van der Waals surface area contributed by atoms with Gasteiger partial charge in [-0.1, -0.05) is 30.3 Å². The molecule has 128 valence electrons. The van der Waals surface area contributed by atoms with Crippen molar-refractivity contribution >= 4 is 17.3 Å². The number of hydrogen-bond acceptors (Lipinski definition) is 3. The molecular weight excluding hydrogens is 316 g/mol. The number of benzene rings is 1. The van der Waals surface area contributed by atoms with E-state index in [1.807, 2.05) is 6.20 Å². The fourth-order valence-corrected chi connectivity index (χ4v) is 3.89. The fourth-order valence-electron chi connectivity index (χ4n) is 3.18. The number of guanidine groups is 1. The molecule has 0 spiro atoms. The minimum absolute atomic E-state index is 0.667. The Hall–Kier alpha value is -1.88. The molecule has 0 amide bonds. The molecule has 3 rings (SSSR count). The van der Waals surface area contributed by atoms with Crippen molar-refractivity contribution in [2.24, 2.45) is 10.9 Å². The Labute approximate surface area is 148 Å². The van der Waals surface area contributed by atoms with Crippen LogP contribution in [-0.2, 0) is 13.0 Å². The van der Waals surface area contributed by atoms with Crippen LogP contribution >= 0.6 is 11.3 Å². The van der Waals surface area contributed by atoms with Crippen molar-refractivity contribution in [3.63, 3.8) is 0 Å². The van der Waals surface area contributed by atoms with Gasteiger partial charge in [0.1, 0.15) is 5.01 Å². The molecular formula is C19H26N4S. The van der Waals surface area contributed by atoms with E-state index in [0.29, 0.717) is 12.5 Å². The first-order valence-corrected chi connectivity index (χ1v) is 9.54. The number of aromatic nitrogens is 1. The van der Waals surface area contributed by atoms with Gasteiger partial charge < -0.3 is 10.2 Å². The van der Waals surface area contributed by atoms with Crippen LogP contribution in [0.15, 0.2) is 41.5 Å². The highest BCUT2D eigenvalue weighted by molar-refractivity contribution is 7.11. The SMILES string of the molecule is CCNC(=NCc1ncc(C)s1)N1CCC(Cc2ccccc2)C1. The molecule has 1 fully saturated rings. The maximum atomic E-state index is 4.80. The van der Waals surface area contributed by atoms with E-state index in [0.717, 1.165) is 37.0 Å². The molecule has 5 heteroatoms. The Balaban J connectivity index is 1.60. The predicted molar refractivity (Wildman–Crippen MR) is 101 cm³/mol. The van der Waals surface area contributed by atoms with Gasteiger partial charge in [0.15, 0.2) is 5.96 Å². The van der Waals surface area contributed by atoms with Crippen LogP contribution in [0.1, 0.15) is 28.8 Å². The summed E-state index contributed by atoms with van der Waals surface area (Å²) in [4.78, 5) is 12.9. The summed E-state index contributed by atoms with van der Waals surface area (Å²) in [7, 11) is 0. The minimum atomic E-state index is 0.667. The topological polar surface area (TPSA) is 40.5 Å².